The van der Waals surface area contributed by atoms with E-state index in [2.05, 4.69) is 16.9 Å². The van der Waals surface area contributed by atoms with Crippen molar-refractivity contribution in [3.8, 4) is 5.88 Å². The molecule has 1 aromatic heterocycles. The Bertz CT molecular complexity index is 302. The van der Waals surface area contributed by atoms with Crippen molar-refractivity contribution >= 4 is 0 Å². The summed E-state index contributed by atoms with van der Waals surface area (Å²) >= 11 is 0. The largest absolute Gasteiger partial charge is 0.475 e. The second kappa shape index (κ2) is 5.66. The molecule has 1 aromatic rings. The lowest BCUT2D eigenvalue weighted by atomic mass is 10.1. The fraction of sp³-hybridized carbons (Fsp3) is 0.636. The first-order valence-corrected chi connectivity index (χ1v) is 5.29. The van der Waals surface area contributed by atoms with Crippen molar-refractivity contribution in [1.29, 1.82) is 0 Å². The van der Waals surface area contributed by atoms with Crippen LogP contribution >= 0.6 is 0 Å². The van der Waals surface area contributed by atoms with Gasteiger partial charge < -0.3 is 10.5 Å². The van der Waals surface area contributed by atoms with Gasteiger partial charge in [0.2, 0.25) is 5.88 Å². The molecule has 4 heteroatoms. The highest BCUT2D eigenvalue weighted by molar-refractivity contribution is 5.14. The van der Waals surface area contributed by atoms with Crippen LogP contribution in [0.1, 0.15) is 26.5 Å². The number of rotatable bonds is 5. The summed E-state index contributed by atoms with van der Waals surface area (Å²) in [6.07, 6.45) is 2.55. The lowest BCUT2D eigenvalue weighted by Crippen LogP contribution is -2.14. The molecule has 84 valence electrons. The monoisotopic (exact) mass is 209 g/mol. The number of nitrogens with zero attached hydrogens (tertiary/aromatic N) is 2. The molecular weight excluding hydrogens is 190 g/mol. The molecule has 0 amide bonds. The van der Waals surface area contributed by atoms with Crippen LogP contribution in [0.3, 0.4) is 0 Å². The fourth-order valence-electron chi connectivity index (χ4n) is 1.23. The Morgan fingerprint density at radius 2 is 2.07 bits per heavy atom. The van der Waals surface area contributed by atoms with Crippen LogP contribution in [0.2, 0.25) is 0 Å². The fourth-order valence-corrected chi connectivity index (χ4v) is 1.23. The minimum absolute atomic E-state index is 0.139. The second-order valence-corrected chi connectivity index (χ2v) is 4.06. The first-order valence-electron chi connectivity index (χ1n) is 5.29. The van der Waals surface area contributed by atoms with Crippen LogP contribution in [0.4, 0.5) is 0 Å². The van der Waals surface area contributed by atoms with Crippen LogP contribution in [0.5, 0.6) is 5.88 Å². The Kier molecular flexibility index (Phi) is 4.49. The van der Waals surface area contributed by atoms with E-state index in [1.165, 1.54) is 6.33 Å². The molecule has 0 spiro atoms. The maximum Gasteiger partial charge on any atom is 0.216 e. The number of aromatic nitrogens is 2. The maximum absolute atomic E-state index is 5.56. The highest BCUT2D eigenvalue weighted by Crippen LogP contribution is 2.11. The van der Waals surface area contributed by atoms with Crippen molar-refractivity contribution in [2.45, 2.75) is 33.3 Å². The Balaban J connectivity index is 2.65. The summed E-state index contributed by atoms with van der Waals surface area (Å²) in [5.41, 5.74) is 6.55. The van der Waals surface area contributed by atoms with Gasteiger partial charge in [-0.25, -0.2) is 9.97 Å². The Labute approximate surface area is 90.9 Å². The molecule has 1 rings (SSSR count). The summed E-state index contributed by atoms with van der Waals surface area (Å²) in [6, 6.07) is 1.88. The van der Waals surface area contributed by atoms with Gasteiger partial charge in [0.25, 0.3) is 0 Å². The summed E-state index contributed by atoms with van der Waals surface area (Å²) in [6.45, 7) is 6.73. The second-order valence-electron chi connectivity index (χ2n) is 4.06. The molecule has 2 N–H and O–H groups in total. The van der Waals surface area contributed by atoms with E-state index in [0.29, 0.717) is 18.3 Å². The predicted octanol–water partition coefficient (Wildman–Crippen LogP) is 1.40. The highest BCUT2D eigenvalue weighted by Gasteiger charge is 2.05. The Hall–Kier alpha value is -1.16. The molecule has 0 aromatic carbocycles. The van der Waals surface area contributed by atoms with Gasteiger partial charge in [0.15, 0.2) is 0 Å². The zero-order chi connectivity index (χ0) is 11.3. The third-order valence-corrected chi connectivity index (χ3v) is 2.02. The van der Waals surface area contributed by atoms with Crippen molar-refractivity contribution in [3.63, 3.8) is 0 Å². The van der Waals surface area contributed by atoms with E-state index in [-0.39, 0.29) is 6.10 Å². The molecule has 0 aliphatic heterocycles. The number of hydrogen-bond acceptors (Lipinski definition) is 4. The SMILES string of the molecule is CC(CN)Cc1cc(OC(C)C)ncn1. The Morgan fingerprint density at radius 1 is 1.33 bits per heavy atom. The summed E-state index contributed by atoms with van der Waals surface area (Å²) in [7, 11) is 0. The molecular formula is C11H19N3O. The van der Waals surface area contributed by atoms with Gasteiger partial charge in [0, 0.05) is 11.8 Å². The third kappa shape index (κ3) is 4.25. The van der Waals surface area contributed by atoms with Gasteiger partial charge in [0.1, 0.15) is 6.33 Å². The van der Waals surface area contributed by atoms with Gasteiger partial charge in [-0.1, -0.05) is 6.92 Å². The minimum Gasteiger partial charge on any atom is -0.475 e. The van der Waals surface area contributed by atoms with Gasteiger partial charge in [-0.3, -0.25) is 0 Å². The Morgan fingerprint density at radius 3 is 2.67 bits per heavy atom. The molecule has 1 atom stereocenters. The normalized spacial score (nSPS) is 12.9. The molecule has 0 saturated heterocycles. The molecule has 15 heavy (non-hydrogen) atoms. The smallest absolute Gasteiger partial charge is 0.216 e. The zero-order valence-corrected chi connectivity index (χ0v) is 9.60. The number of ether oxygens (including phenoxy) is 1. The van der Waals surface area contributed by atoms with Crippen molar-refractivity contribution in [3.05, 3.63) is 18.1 Å². The van der Waals surface area contributed by atoms with Gasteiger partial charge in [-0.05, 0) is 32.7 Å². The van der Waals surface area contributed by atoms with Crippen molar-refractivity contribution in [2.75, 3.05) is 6.54 Å². The third-order valence-electron chi connectivity index (χ3n) is 2.02. The summed E-state index contributed by atoms with van der Waals surface area (Å²) < 4.78 is 5.49. The van der Waals surface area contributed by atoms with E-state index in [1.54, 1.807) is 0 Å². The lowest BCUT2D eigenvalue weighted by molar-refractivity contribution is 0.231. The first kappa shape index (κ1) is 11.9. The van der Waals surface area contributed by atoms with E-state index in [1.807, 2.05) is 19.9 Å². The number of hydrogen-bond donors (Lipinski definition) is 1. The van der Waals surface area contributed by atoms with Crippen LogP contribution in [0.15, 0.2) is 12.4 Å². The summed E-state index contributed by atoms with van der Waals surface area (Å²) in [4.78, 5) is 8.24. The molecule has 4 nitrogen and oxygen atoms in total. The minimum atomic E-state index is 0.139. The average molecular weight is 209 g/mol. The van der Waals surface area contributed by atoms with E-state index in [9.17, 15) is 0 Å². The first-order chi connectivity index (χ1) is 7.11. The summed E-state index contributed by atoms with van der Waals surface area (Å²) in [5, 5.41) is 0. The van der Waals surface area contributed by atoms with Gasteiger partial charge in [-0.2, -0.15) is 0 Å². The molecule has 0 fully saturated rings. The molecule has 0 aliphatic rings. The van der Waals surface area contributed by atoms with Gasteiger partial charge in [-0.15, -0.1) is 0 Å². The highest BCUT2D eigenvalue weighted by atomic mass is 16.5. The van der Waals surface area contributed by atoms with Crippen LogP contribution in [0, 0.1) is 5.92 Å². The van der Waals surface area contributed by atoms with Gasteiger partial charge >= 0.3 is 0 Å². The molecule has 0 aliphatic carbocycles. The topological polar surface area (TPSA) is 61.0 Å². The number of nitrogens with two attached hydrogens (primary N) is 1. The van der Waals surface area contributed by atoms with Crippen molar-refractivity contribution < 1.29 is 4.74 Å². The molecule has 1 unspecified atom stereocenters. The molecule has 0 bridgehead atoms. The van der Waals surface area contributed by atoms with Crippen LogP contribution in [-0.4, -0.2) is 22.6 Å². The van der Waals surface area contributed by atoms with Crippen LogP contribution < -0.4 is 10.5 Å². The van der Waals surface area contributed by atoms with E-state index in [0.717, 1.165) is 12.1 Å². The molecule has 0 saturated carbocycles. The van der Waals surface area contributed by atoms with Crippen LogP contribution in [-0.2, 0) is 6.42 Å². The summed E-state index contributed by atoms with van der Waals surface area (Å²) in [5.74, 6) is 1.08. The lowest BCUT2D eigenvalue weighted by Gasteiger charge is -2.10. The van der Waals surface area contributed by atoms with E-state index >= 15 is 0 Å². The van der Waals surface area contributed by atoms with Crippen molar-refractivity contribution in [2.24, 2.45) is 11.7 Å². The zero-order valence-electron chi connectivity index (χ0n) is 9.60. The van der Waals surface area contributed by atoms with E-state index in [4.69, 9.17) is 10.5 Å². The molecule has 1 heterocycles. The average Bonchev–Trinajstić information content (AvgIpc) is 2.17. The van der Waals surface area contributed by atoms with Crippen molar-refractivity contribution in [1.82, 2.24) is 9.97 Å². The van der Waals surface area contributed by atoms with Gasteiger partial charge in [0.05, 0.1) is 6.10 Å². The predicted molar refractivity (Wildman–Crippen MR) is 59.7 cm³/mol. The standard InChI is InChI=1S/C11H19N3O/c1-8(2)15-11-5-10(13-7-14-11)4-9(3)6-12/h5,7-9H,4,6,12H2,1-3H3. The van der Waals surface area contributed by atoms with E-state index < -0.39 is 0 Å². The molecule has 0 radical (unpaired) electrons. The maximum atomic E-state index is 5.56. The van der Waals surface area contributed by atoms with Crippen LogP contribution in [0.25, 0.3) is 0 Å². The quantitative estimate of drug-likeness (QED) is 0.796.